The molecule has 2 aromatic heterocycles. The molecule has 0 saturated heterocycles. The molecule has 6 heteroatoms. The molecule has 0 amide bonds. The van der Waals surface area contributed by atoms with Gasteiger partial charge in [-0.2, -0.15) is 0 Å². The first-order valence-corrected chi connectivity index (χ1v) is 8.40. The zero-order valence-electron chi connectivity index (χ0n) is 14.9. The van der Waals surface area contributed by atoms with Gasteiger partial charge in [-0.05, 0) is 49.4 Å². The summed E-state index contributed by atoms with van der Waals surface area (Å²) in [5.74, 6) is 1.86. The van der Waals surface area contributed by atoms with Crippen LogP contribution in [0.15, 0.2) is 70.1 Å². The van der Waals surface area contributed by atoms with Crippen LogP contribution in [0.1, 0.15) is 5.69 Å². The molecule has 0 bridgehead atoms. The molecule has 0 atom stereocenters. The number of nitrogens with zero attached hydrogens (tertiary/aromatic N) is 2. The molecule has 0 saturated carbocycles. The quantitative estimate of drug-likeness (QED) is 0.585. The smallest absolute Gasteiger partial charge is 0.193 e. The van der Waals surface area contributed by atoms with Gasteiger partial charge in [0.2, 0.25) is 0 Å². The van der Waals surface area contributed by atoms with Gasteiger partial charge in [0.1, 0.15) is 29.2 Å². The van der Waals surface area contributed by atoms with Crippen LogP contribution in [-0.2, 0) is 0 Å². The van der Waals surface area contributed by atoms with Gasteiger partial charge in [-0.25, -0.2) is 9.97 Å². The number of rotatable bonds is 4. The van der Waals surface area contributed by atoms with E-state index in [1.54, 1.807) is 25.3 Å². The first kappa shape index (κ1) is 16.8. The van der Waals surface area contributed by atoms with Gasteiger partial charge in [-0.1, -0.05) is 0 Å². The third-order valence-electron chi connectivity index (χ3n) is 4.18. The molecule has 6 nitrogen and oxygen atoms in total. The molecule has 4 aromatic rings. The van der Waals surface area contributed by atoms with Gasteiger partial charge in [0.05, 0.1) is 12.5 Å². The van der Waals surface area contributed by atoms with Gasteiger partial charge in [0, 0.05) is 29.1 Å². The molecule has 4 rings (SSSR count). The summed E-state index contributed by atoms with van der Waals surface area (Å²) in [7, 11) is 1.57. The molecule has 0 aliphatic rings. The van der Waals surface area contributed by atoms with Crippen molar-refractivity contribution in [2.45, 2.75) is 6.92 Å². The Hall–Kier alpha value is -3.67. The lowest BCUT2D eigenvalue weighted by Crippen LogP contribution is -2.01. The maximum Gasteiger partial charge on any atom is 0.193 e. The average Bonchev–Trinajstić information content (AvgIpc) is 2.68. The van der Waals surface area contributed by atoms with E-state index in [9.17, 15) is 4.79 Å². The molecule has 2 aromatic carbocycles. The number of aromatic nitrogens is 2. The van der Waals surface area contributed by atoms with Crippen LogP contribution in [0.2, 0.25) is 0 Å². The number of fused-ring (bicyclic) bond motifs is 1. The van der Waals surface area contributed by atoms with E-state index in [4.69, 9.17) is 9.15 Å². The summed E-state index contributed by atoms with van der Waals surface area (Å²) in [6.45, 7) is 1.91. The van der Waals surface area contributed by atoms with Crippen molar-refractivity contribution >= 4 is 22.5 Å². The van der Waals surface area contributed by atoms with Crippen LogP contribution in [-0.4, -0.2) is 17.1 Å². The third kappa shape index (κ3) is 3.50. The van der Waals surface area contributed by atoms with Crippen LogP contribution in [0.25, 0.3) is 22.3 Å². The second-order valence-corrected chi connectivity index (χ2v) is 6.08. The highest BCUT2D eigenvalue weighted by Crippen LogP contribution is 2.26. The van der Waals surface area contributed by atoms with Crippen molar-refractivity contribution in [3.63, 3.8) is 0 Å². The van der Waals surface area contributed by atoms with Crippen molar-refractivity contribution in [2.24, 2.45) is 0 Å². The van der Waals surface area contributed by atoms with Crippen LogP contribution in [0, 0.1) is 6.92 Å². The van der Waals surface area contributed by atoms with E-state index < -0.39 is 0 Å². The monoisotopic (exact) mass is 359 g/mol. The van der Waals surface area contributed by atoms with Gasteiger partial charge >= 0.3 is 0 Å². The molecule has 0 spiro atoms. The number of aryl methyl sites for hydroxylation is 1. The zero-order chi connectivity index (χ0) is 18.8. The molecule has 134 valence electrons. The first-order chi connectivity index (χ1) is 13.1. The normalized spacial score (nSPS) is 10.7. The molecule has 0 aliphatic carbocycles. The van der Waals surface area contributed by atoms with Crippen molar-refractivity contribution in [3.8, 4) is 17.1 Å². The molecule has 0 fully saturated rings. The lowest BCUT2D eigenvalue weighted by Gasteiger charge is -2.08. The fourth-order valence-corrected chi connectivity index (χ4v) is 2.79. The van der Waals surface area contributed by atoms with Crippen LogP contribution in [0.4, 0.5) is 11.5 Å². The Bertz CT molecular complexity index is 1170. The van der Waals surface area contributed by atoms with Gasteiger partial charge in [0.25, 0.3) is 0 Å². The minimum atomic E-state index is -0.108. The van der Waals surface area contributed by atoms with E-state index >= 15 is 0 Å². The zero-order valence-corrected chi connectivity index (χ0v) is 14.9. The van der Waals surface area contributed by atoms with Gasteiger partial charge in [-0.3, -0.25) is 4.79 Å². The van der Waals surface area contributed by atoms with E-state index in [1.165, 1.54) is 12.4 Å². The number of nitrogens with one attached hydrogen (secondary N) is 1. The minimum Gasteiger partial charge on any atom is -0.497 e. The summed E-state index contributed by atoms with van der Waals surface area (Å²) in [4.78, 5) is 20.7. The Labute approximate surface area is 155 Å². The summed E-state index contributed by atoms with van der Waals surface area (Å²) >= 11 is 0. The van der Waals surface area contributed by atoms with Crippen molar-refractivity contribution in [1.29, 1.82) is 0 Å². The Kier molecular flexibility index (Phi) is 4.30. The van der Waals surface area contributed by atoms with Gasteiger partial charge < -0.3 is 14.5 Å². The summed E-state index contributed by atoms with van der Waals surface area (Å²) in [5.41, 5.74) is 3.00. The average molecular weight is 359 g/mol. The van der Waals surface area contributed by atoms with Crippen LogP contribution >= 0.6 is 0 Å². The molecule has 0 aliphatic heterocycles. The Morgan fingerprint density at radius 1 is 1.00 bits per heavy atom. The molecule has 0 radical (unpaired) electrons. The second-order valence-electron chi connectivity index (χ2n) is 6.08. The molecule has 27 heavy (non-hydrogen) atoms. The lowest BCUT2D eigenvalue weighted by atomic mass is 10.1. The van der Waals surface area contributed by atoms with Crippen molar-refractivity contribution in [3.05, 3.63) is 76.8 Å². The van der Waals surface area contributed by atoms with Crippen molar-refractivity contribution < 1.29 is 9.15 Å². The number of hydrogen-bond donors (Lipinski definition) is 1. The lowest BCUT2D eigenvalue weighted by molar-refractivity contribution is 0.415. The fraction of sp³-hybridized carbons (Fsp3) is 0.0952. The third-order valence-corrected chi connectivity index (χ3v) is 4.18. The number of ether oxygens (including phenoxy) is 1. The van der Waals surface area contributed by atoms with E-state index in [0.29, 0.717) is 22.5 Å². The van der Waals surface area contributed by atoms with E-state index in [1.807, 2.05) is 37.3 Å². The molecule has 0 unspecified atom stereocenters. The summed E-state index contributed by atoms with van der Waals surface area (Å²) in [6, 6.07) is 16.2. The van der Waals surface area contributed by atoms with Crippen LogP contribution in [0.3, 0.4) is 0 Å². The highest BCUT2D eigenvalue weighted by Gasteiger charge is 2.08. The molecule has 1 N–H and O–H groups in total. The van der Waals surface area contributed by atoms with Crippen molar-refractivity contribution in [2.75, 3.05) is 12.4 Å². The Morgan fingerprint density at radius 2 is 1.81 bits per heavy atom. The maximum absolute atomic E-state index is 12.4. The predicted octanol–water partition coefficient (Wildman–Crippen LogP) is 4.31. The molecular weight excluding hydrogens is 342 g/mol. The number of anilines is 2. The van der Waals surface area contributed by atoms with Gasteiger partial charge in [0.15, 0.2) is 5.43 Å². The van der Waals surface area contributed by atoms with E-state index in [0.717, 1.165) is 22.8 Å². The highest BCUT2D eigenvalue weighted by atomic mass is 16.5. The Balaban J connectivity index is 1.64. The Morgan fingerprint density at radius 3 is 2.56 bits per heavy atom. The van der Waals surface area contributed by atoms with Crippen LogP contribution < -0.4 is 15.5 Å². The fourth-order valence-electron chi connectivity index (χ4n) is 2.79. The van der Waals surface area contributed by atoms with Gasteiger partial charge in [-0.15, -0.1) is 0 Å². The van der Waals surface area contributed by atoms with Crippen molar-refractivity contribution in [1.82, 2.24) is 9.97 Å². The summed E-state index contributed by atoms with van der Waals surface area (Å²) in [5, 5.41) is 3.72. The topological polar surface area (TPSA) is 77.2 Å². The SMILES string of the molecule is COc1ccc2oc(-c3ccc(Nc4cc(C)ncn4)cc3)cc(=O)c2c1. The highest BCUT2D eigenvalue weighted by molar-refractivity contribution is 5.80. The molecular formula is C21H17N3O3. The van der Waals surface area contributed by atoms with Crippen LogP contribution in [0.5, 0.6) is 5.75 Å². The summed E-state index contributed by atoms with van der Waals surface area (Å²) < 4.78 is 11.1. The standard InChI is InChI=1S/C21H17N3O3/c1-13-9-21(23-12-22-13)24-15-5-3-14(4-6-15)20-11-18(25)17-10-16(26-2)7-8-19(17)27-20/h3-12H,1-2H3,(H,22,23,24). The summed E-state index contributed by atoms with van der Waals surface area (Å²) in [6.07, 6.45) is 1.52. The van der Waals surface area contributed by atoms with E-state index in [2.05, 4.69) is 15.3 Å². The second kappa shape index (κ2) is 6.92. The number of methoxy groups -OCH3 is 1. The number of benzene rings is 2. The largest absolute Gasteiger partial charge is 0.497 e. The minimum absolute atomic E-state index is 0.108. The number of hydrogen-bond acceptors (Lipinski definition) is 6. The predicted molar refractivity (Wildman–Crippen MR) is 105 cm³/mol. The maximum atomic E-state index is 12.4. The first-order valence-electron chi connectivity index (χ1n) is 8.40. The van der Waals surface area contributed by atoms with E-state index in [-0.39, 0.29) is 5.43 Å². The molecule has 2 heterocycles.